The second kappa shape index (κ2) is 13.0. The summed E-state index contributed by atoms with van der Waals surface area (Å²) in [5.41, 5.74) is 0.563. The summed E-state index contributed by atoms with van der Waals surface area (Å²) in [5.74, 6) is -4.27. The van der Waals surface area contributed by atoms with Crippen LogP contribution in [0.25, 0.3) is 11.1 Å². The van der Waals surface area contributed by atoms with Crippen molar-refractivity contribution in [2.24, 2.45) is 5.92 Å². The number of nitrogens with zero attached hydrogens (tertiary/aromatic N) is 1. The van der Waals surface area contributed by atoms with Gasteiger partial charge in [-0.15, -0.1) is 0 Å². The Kier molecular flexibility index (Phi) is 9.62. The van der Waals surface area contributed by atoms with Crippen LogP contribution >= 0.6 is 0 Å². The normalized spacial score (nSPS) is 13.7. The number of benzene rings is 3. The summed E-state index contributed by atoms with van der Waals surface area (Å²) in [4.78, 5) is 18.3. The minimum Gasteiger partial charge on any atom is -0.438 e. The highest BCUT2D eigenvalue weighted by molar-refractivity contribution is 7.91. The van der Waals surface area contributed by atoms with Crippen molar-refractivity contribution in [3.05, 3.63) is 102 Å². The van der Waals surface area contributed by atoms with Crippen molar-refractivity contribution in [2.75, 3.05) is 18.1 Å². The second-order valence-electron chi connectivity index (χ2n) is 10.2. The number of fused-ring (bicyclic) bond motifs is 1. The molecule has 0 saturated heterocycles. The van der Waals surface area contributed by atoms with Crippen molar-refractivity contribution in [3.63, 3.8) is 0 Å². The third-order valence-electron chi connectivity index (χ3n) is 6.75. The van der Waals surface area contributed by atoms with Crippen molar-refractivity contribution in [3.8, 4) is 0 Å². The molecule has 0 aliphatic rings. The monoisotopic (exact) mass is 598 g/mol. The summed E-state index contributed by atoms with van der Waals surface area (Å²) in [6.07, 6.45) is 0.741. The van der Waals surface area contributed by atoms with Crippen LogP contribution in [-0.2, 0) is 41.5 Å². The van der Waals surface area contributed by atoms with E-state index in [2.05, 4.69) is 10.3 Å². The molecule has 3 aromatic carbocycles. The van der Waals surface area contributed by atoms with E-state index in [1.807, 2.05) is 6.92 Å². The number of aromatic nitrogens is 1. The van der Waals surface area contributed by atoms with Crippen LogP contribution in [0.2, 0.25) is 0 Å². The van der Waals surface area contributed by atoms with Crippen molar-refractivity contribution >= 4 is 36.7 Å². The standard InChI is InChI=1S/C30H34N2O7S2/c1-2-17-30(22-33,29-31-26-15-9-10-16-27(26)39-29)32-28(34)25(20-40(35,36)18-23-11-5-3-6-12-23)21-41(37,38)19-24-13-7-4-8-14-24/h3-16,25,33H,2,17-22H2,1H3,(H,32,34)/t30-/m0/s1. The van der Waals surface area contributed by atoms with E-state index in [4.69, 9.17) is 4.42 Å². The number of aliphatic hydroxyl groups is 1. The number of rotatable bonds is 14. The molecule has 0 aliphatic carbocycles. The minimum atomic E-state index is -3.91. The summed E-state index contributed by atoms with van der Waals surface area (Å²) in [5, 5.41) is 13.3. The number of sulfone groups is 2. The lowest BCUT2D eigenvalue weighted by molar-refractivity contribution is -0.127. The predicted octanol–water partition coefficient (Wildman–Crippen LogP) is 3.78. The molecule has 2 N–H and O–H groups in total. The van der Waals surface area contributed by atoms with Crippen LogP contribution in [-0.4, -0.2) is 50.9 Å². The van der Waals surface area contributed by atoms with Crippen molar-refractivity contribution in [1.29, 1.82) is 0 Å². The Hall–Kier alpha value is -3.54. The van der Waals surface area contributed by atoms with Crippen LogP contribution in [0.15, 0.2) is 89.3 Å². The molecule has 0 spiro atoms. The van der Waals surface area contributed by atoms with Gasteiger partial charge in [-0.2, -0.15) is 0 Å². The van der Waals surface area contributed by atoms with E-state index >= 15 is 0 Å². The number of aliphatic hydroxyl groups excluding tert-OH is 1. The molecule has 218 valence electrons. The Morgan fingerprint density at radius 2 is 1.37 bits per heavy atom. The zero-order valence-corrected chi connectivity index (χ0v) is 24.4. The quantitative estimate of drug-likeness (QED) is 0.223. The first-order chi connectivity index (χ1) is 19.5. The lowest BCUT2D eigenvalue weighted by atomic mass is 9.93. The number of hydrogen-bond donors (Lipinski definition) is 2. The number of carbonyl (C=O) groups is 1. The number of carbonyl (C=O) groups excluding carboxylic acids is 1. The van der Waals surface area contributed by atoms with E-state index in [1.54, 1.807) is 84.9 Å². The molecule has 1 aromatic heterocycles. The number of amides is 1. The lowest BCUT2D eigenvalue weighted by Gasteiger charge is -2.31. The van der Waals surface area contributed by atoms with Crippen LogP contribution in [0.1, 0.15) is 36.8 Å². The summed E-state index contributed by atoms with van der Waals surface area (Å²) in [6.45, 7) is 1.27. The molecule has 0 bridgehead atoms. The van der Waals surface area contributed by atoms with E-state index in [0.29, 0.717) is 28.6 Å². The predicted molar refractivity (Wildman–Crippen MR) is 157 cm³/mol. The van der Waals surface area contributed by atoms with Crippen LogP contribution < -0.4 is 5.32 Å². The molecule has 0 aliphatic heterocycles. The smallest absolute Gasteiger partial charge is 0.226 e. The highest BCUT2D eigenvalue weighted by atomic mass is 32.2. The molecule has 11 heteroatoms. The number of para-hydroxylation sites is 2. The molecule has 1 heterocycles. The van der Waals surface area contributed by atoms with Gasteiger partial charge in [-0.3, -0.25) is 4.79 Å². The zero-order chi connectivity index (χ0) is 29.5. The van der Waals surface area contributed by atoms with Crippen LogP contribution in [0, 0.1) is 5.92 Å². The van der Waals surface area contributed by atoms with Gasteiger partial charge < -0.3 is 14.8 Å². The van der Waals surface area contributed by atoms with Gasteiger partial charge in [0.2, 0.25) is 11.8 Å². The van der Waals surface area contributed by atoms with Gasteiger partial charge in [0, 0.05) is 0 Å². The van der Waals surface area contributed by atoms with Crippen molar-refractivity contribution in [2.45, 2.75) is 36.8 Å². The fourth-order valence-corrected chi connectivity index (χ4v) is 8.39. The van der Waals surface area contributed by atoms with Crippen molar-refractivity contribution < 1.29 is 31.2 Å². The van der Waals surface area contributed by atoms with Gasteiger partial charge in [-0.1, -0.05) is 86.1 Å². The van der Waals surface area contributed by atoms with Gasteiger partial charge in [0.1, 0.15) is 11.1 Å². The van der Waals surface area contributed by atoms with Crippen LogP contribution in [0.3, 0.4) is 0 Å². The molecule has 1 atom stereocenters. The Labute approximate surface area is 240 Å². The Morgan fingerprint density at radius 1 is 0.854 bits per heavy atom. The number of oxazole rings is 1. The maximum atomic E-state index is 13.8. The zero-order valence-electron chi connectivity index (χ0n) is 22.8. The molecule has 41 heavy (non-hydrogen) atoms. The van der Waals surface area contributed by atoms with E-state index in [0.717, 1.165) is 0 Å². The molecular formula is C30H34N2O7S2. The van der Waals surface area contributed by atoms with E-state index in [-0.39, 0.29) is 23.8 Å². The minimum absolute atomic E-state index is 0.0643. The highest BCUT2D eigenvalue weighted by Crippen LogP contribution is 2.30. The Balaban J connectivity index is 1.66. The fourth-order valence-electron chi connectivity index (χ4n) is 4.84. The molecule has 1 amide bonds. The Morgan fingerprint density at radius 3 is 1.85 bits per heavy atom. The largest absolute Gasteiger partial charge is 0.438 e. The maximum Gasteiger partial charge on any atom is 0.226 e. The summed E-state index contributed by atoms with van der Waals surface area (Å²) >= 11 is 0. The lowest BCUT2D eigenvalue weighted by Crippen LogP contribution is -2.52. The third kappa shape index (κ3) is 8.02. The van der Waals surface area contributed by atoms with E-state index in [9.17, 15) is 26.7 Å². The fraction of sp³-hybridized carbons (Fsp3) is 0.333. The average Bonchev–Trinajstić information content (AvgIpc) is 3.38. The topological polar surface area (TPSA) is 144 Å². The number of hydrogen-bond acceptors (Lipinski definition) is 8. The van der Waals surface area contributed by atoms with Gasteiger partial charge in [-0.25, -0.2) is 21.8 Å². The van der Waals surface area contributed by atoms with Gasteiger partial charge in [0.05, 0.1) is 35.5 Å². The summed E-state index contributed by atoms with van der Waals surface area (Å²) in [7, 11) is -7.82. The molecule has 0 fully saturated rings. The third-order valence-corrected chi connectivity index (χ3v) is 10.1. The summed E-state index contributed by atoms with van der Waals surface area (Å²) in [6, 6.07) is 24.0. The van der Waals surface area contributed by atoms with Gasteiger partial charge >= 0.3 is 0 Å². The van der Waals surface area contributed by atoms with Gasteiger partial charge in [-0.05, 0) is 29.7 Å². The van der Waals surface area contributed by atoms with Crippen LogP contribution in [0.4, 0.5) is 0 Å². The molecular weight excluding hydrogens is 564 g/mol. The molecule has 4 aromatic rings. The number of nitrogens with one attached hydrogen (secondary N) is 1. The van der Waals surface area contributed by atoms with Gasteiger partial charge in [0.25, 0.3) is 0 Å². The molecule has 0 saturated carbocycles. The maximum absolute atomic E-state index is 13.8. The van der Waals surface area contributed by atoms with E-state index in [1.165, 1.54) is 0 Å². The first-order valence-corrected chi connectivity index (χ1v) is 17.0. The van der Waals surface area contributed by atoms with E-state index < -0.39 is 55.2 Å². The van der Waals surface area contributed by atoms with Gasteiger partial charge in [0.15, 0.2) is 25.3 Å². The van der Waals surface area contributed by atoms with Crippen LogP contribution in [0.5, 0.6) is 0 Å². The van der Waals surface area contributed by atoms with Crippen molar-refractivity contribution in [1.82, 2.24) is 10.3 Å². The second-order valence-corrected chi connectivity index (χ2v) is 14.5. The first-order valence-electron chi connectivity index (χ1n) is 13.3. The molecule has 0 radical (unpaired) electrons. The average molecular weight is 599 g/mol. The summed E-state index contributed by atoms with van der Waals surface area (Å²) < 4.78 is 58.9. The highest BCUT2D eigenvalue weighted by Gasteiger charge is 2.41. The first kappa shape index (κ1) is 30.4. The molecule has 9 nitrogen and oxygen atoms in total. The molecule has 0 unspecified atom stereocenters. The SMILES string of the molecule is CCC[C@@](CO)(NC(=O)C(CS(=O)(=O)Cc1ccccc1)CS(=O)(=O)Cc1ccccc1)c1nc2ccccc2o1. The molecule has 4 rings (SSSR count). The Bertz CT molecular complexity index is 1570.